The number of aliphatic hydroxyl groups excluding tert-OH is 1. The highest BCUT2D eigenvalue weighted by molar-refractivity contribution is 9.10. The van der Waals surface area contributed by atoms with Crippen molar-refractivity contribution >= 4 is 26.8 Å². The van der Waals surface area contributed by atoms with E-state index in [2.05, 4.69) is 25.9 Å². The van der Waals surface area contributed by atoms with Crippen LogP contribution in [0.1, 0.15) is 17.4 Å². The number of pyridine rings is 2. The highest BCUT2D eigenvalue weighted by atomic mass is 79.9. The van der Waals surface area contributed by atoms with Gasteiger partial charge in [-0.15, -0.1) is 0 Å². The SMILES string of the molecule is OC(c1cnc2ccccc2c1)c1ccc(Br)cn1. The van der Waals surface area contributed by atoms with Gasteiger partial charge in [-0.1, -0.05) is 18.2 Å². The van der Waals surface area contributed by atoms with Crippen LogP contribution < -0.4 is 0 Å². The number of hydrogen-bond acceptors (Lipinski definition) is 3. The number of halogens is 1. The predicted molar refractivity (Wildman–Crippen MR) is 77.7 cm³/mol. The van der Waals surface area contributed by atoms with Crippen LogP contribution >= 0.6 is 15.9 Å². The number of aromatic nitrogens is 2. The Morgan fingerprint density at radius 3 is 2.63 bits per heavy atom. The minimum absolute atomic E-state index is 0.611. The summed E-state index contributed by atoms with van der Waals surface area (Å²) in [4.78, 5) is 8.56. The molecule has 0 radical (unpaired) electrons. The fourth-order valence-corrected chi connectivity index (χ4v) is 2.19. The van der Waals surface area contributed by atoms with Gasteiger partial charge >= 0.3 is 0 Å². The van der Waals surface area contributed by atoms with Crippen molar-refractivity contribution < 1.29 is 5.11 Å². The van der Waals surface area contributed by atoms with Crippen LogP contribution in [0.25, 0.3) is 10.9 Å². The summed E-state index contributed by atoms with van der Waals surface area (Å²) < 4.78 is 0.889. The Morgan fingerprint density at radius 1 is 1.00 bits per heavy atom. The second-order valence-corrected chi connectivity index (χ2v) is 5.18. The van der Waals surface area contributed by atoms with Crippen LogP contribution in [0.4, 0.5) is 0 Å². The molecule has 94 valence electrons. The van der Waals surface area contributed by atoms with Gasteiger partial charge in [-0.05, 0) is 40.2 Å². The monoisotopic (exact) mass is 314 g/mol. The van der Waals surface area contributed by atoms with Gasteiger partial charge in [0.25, 0.3) is 0 Å². The number of aliphatic hydroxyl groups is 1. The van der Waals surface area contributed by atoms with Crippen molar-refractivity contribution in [1.82, 2.24) is 9.97 Å². The first kappa shape index (κ1) is 12.3. The van der Waals surface area contributed by atoms with Gasteiger partial charge in [-0.25, -0.2) is 0 Å². The molecule has 1 atom stereocenters. The van der Waals surface area contributed by atoms with Gasteiger partial charge in [0.2, 0.25) is 0 Å². The molecule has 0 aliphatic carbocycles. The fraction of sp³-hybridized carbons (Fsp3) is 0.0667. The molecular formula is C15H11BrN2O. The van der Waals surface area contributed by atoms with E-state index in [1.165, 1.54) is 0 Å². The highest BCUT2D eigenvalue weighted by Gasteiger charge is 2.12. The van der Waals surface area contributed by atoms with E-state index in [-0.39, 0.29) is 0 Å². The zero-order chi connectivity index (χ0) is 13.2. The van der Waals surface area contributed by atoms with E-state index in [0.717, 1.165) is 20.9 Å². The molecule has 1 unspecified atom stereocenters. The van der Waals surface area contributed by atoms with E-state index in [1.54, 1.807) is 18.5 Å². The second-order valence-electron chi connectivity index (χ2n) is 4.27. The molecule has 0 spiro atoms. The Kier molecular flexibility index (Phi) is 3.27. The standard InChI is InChI=1S/C15H11BrN2O/c16-12-5-6-14(18-9-12)15(19)11-7-10-3-1-2-4-13(10)17-8-11/h1-9,15,19H. The molecule has 3 rings (SSSR count). The third-order valence-corrected chi connectivity index (χ3v) is 3.43. The largest absolute Gasteiger partial charge is 0.382 e. The summed E-state index contributed by atoms with van der Waals surface area (Å²) >= 11 is 3.33. The van der Waals surface area contributed by atoms with Crippen molar-refractivity contribution in [1.29, 1.82) is 0 Å². The normalized spacial score (nSPS) is 12.5. The lowest BCUT2D eigenvalue weighted by molar-refractivity contribution is 0.215. The molecule has 1 N–H and O–H groups in total. The summed E-state index contributed by atoms with van der Waals surface area (Å²) in [6.07, 6.45) is 2.61. The van der Waals surface area contributed by atoms with E-state index in [4.69, 9.17) is 0 Å². The van der Waals surface area contributed by atoms with Crippen LogP contribution in [0.2, 0.25) is 0 Å². The molecule has 4 heteroatoms. The molecule has 2 heterocycles. The predicted octanol–water partition coefficient (Wildman–Crippen LogP) is 3.47. The van der Waals surface area contributed by atoms with Crippen LogP contribution in [0.15, 0.2) is 59.3 Å². The third-order valence-electron chi connectivity index (χ3n) is 2.96. The Balaban J connectivity index is 2.01. The molecule has 0 amide bonds. The Morgan fingerprint density at radius 2 is 1.84 bits per heavy atom. The number of fused-ring (bicyclic) bond motifs is 1. The Hall–Kier alpha value is -1.78. The first-order valence-electron chi connectivity index (χ1n) is 5.88. The number of nitrogens with zero attached hydrogens (tertiary/aromatic N) is 2. The maximum atomic E-state index is 10.3. The number of benzene rings is 1. The molecule has 1 aromatic carbocycles. The van der Waals surface area contributed by atoms with E-state index in [0.29, 0.717) is 5.69 Å². The summed E-state index contributed by atoms with van der Waals surface area (Å²) in [5, 5.41) is 11.3. The first-order chi connectivity index (χ1) is 9.24. The average molecular weight is 315 g/mol. The van der Waals surface area contributed by atoms with Crippen LogP contribution in [-0.4, -0.2) is 15.1 Å². The molecular weight excluding hydrogens is 304 g/mol. The second kappa shape index (κ2) is 5.07. The van der Waals surface area contributed by atoms with Gasteiger partial charge in [-0.3, -0.25) is 9.97 Å². The summed E-state index contributed by atoms with van der Waals surface area (Å²) in [6.45, 7) is 0. The highest BCUT2D eigenvalue weighted by Crippen LogP contribution is 2.23. The zero-order valence-corrected chi connectivity index (χ0v) is 11.6. The van der Waals surface area contributed by atoms with Crippen molar-refractivity contribution in [3.05, 3.63) is 70.6 Å². The maximum absolute atomic E-state index is 10.3. The first-order valence-corrected chi connectivity index (χ1v) is 6.67. The smallest absolute Gasteiger partial charge is 0.122 e. The van der Waals surface area contributed by atoms with Gasteiger partial charge in [0.15, 0.2) is 0 Å². The molecule has 3 nitrogen and oxygen atoms in total. The van der Waals surface area contributed by atoms with Crippen LogP contribution in [-0.2, 0) is 0 Å². The van der Waals surface area contributed by atoms with Crippen molar-refractivity contribution in [2.24, 2.45) is 0 Å². The summed E-state index contributed by atoms with van der Waals surface area (Å²) in [7, 11) is 0. The zero-order valence-electron chi connectivity index (χ0n) is 9.99. The third kappa shape index (κ3) is 2.50. The van der Waals surface area contributed by atoms with Crippen LogP contribution in [0.5, 0.6) is 0 Å². The number of rotatable bonds is 2. The summed E-state index contributed by atoms with van der Waals surface area (Å²) in [6, 6.07) is 13.4. The van der Waals surface area contributed by atoms with Gasteiger partial charge in [0.1, 0.15) is 6.10 Å². The average Bonchev–Trinajstić information content (AvgIpc) is 2.47. The molecule has 0 bridgehead atoms. The van der Waals surface area contributed by atoms with E-state index in [1.807, 2.05) is 36.4 Å². The maximum Gasteiger partial charge on any atom is 0.122 e. The molecule has 0 aliphatic heterocycles. The van der Waals surface area contributed by atoms with Crippen molar-refractivity contribution in [2.45, 2.75) is 6.10 Å². The molecule has 0 aliphatic rings. The van der Waals surface area contributed by atoms with E-state index in [9.17, 15) is 5.11 Å². The lowest BCUT2D eigenvalue weighted by atomic mass is 10.1. The van der Waals surface area contributed by atoms with Gasteiger partial charge in [0, 0.05) is 27.8 Å². The van der Waals surface area contributed by atoms with Gasteiger partial charge in [0.05, 0.1) is 11.2 Å². The fourth-order valence-electron chi connectivity index (χ4n) is 1.96. The summed E-state index contributed by atoms with van der Waals surface area (Å²) in [5.74, 6) is 0. The van der Waals surface area contributed by atoms with Gasteiger partial charge in [-0.2, -0.15) is 0 Å². The molecule has 0 saturated heterocycles. The quantitative estimate of drug-likeness (QED) is 0.787. The lowest BCUT2D eigenvalue weighted by Crippen LogP contribution is -2.02. The molecule has 2 aromatic heterocycles. The minimum Gasteiger partial charge on any atom is -0.382 e. The van der Waals surface area contributed by atoms with Crippen molar-refractivity contribution in [3.8, 4) is 0 Å². The van der Waals surface area contributed by atoms with Crippen LogP contribution in [0.3, 0.4) is 0 Å². The van der Waals surface area contributed by atoms with Crippen LogP contribution in [0, 0.1) is 0 Å². The van der Waals surface area contributed by atoms with Gasteiger partial charge < -0.3 is 5.11 Å². The van der Waals surface area contributed by atoms with Crippen molar-refractivity contribution in [2.75, 3.05) is 0 Å². The minimum atomic E-state index is -0.759. The van der Waals surface area contributed by atoms with E-state index < -0.39 is 6.10 Å². The molecule has 0 saturated carbocycles. The topological polar surface area (TPSA) is 46.0 Å². The summed E-state index contributed by atoms with van der Waals surface area (Å²) in [5.41, 5.74) is 2.27. The van der Waals surface area contributed by atoms with Crippen molar-refractivity contribution in [3.63, 3.8) is 0 Å². The number of hydrogen-bond donors (Lipinski definition) is 1. The Labute approximate surface area is 119 Å². The lowest BCUT2D eigenvalue weighted by Gasteiger charge is -2.10. The molecule has 3 aromatic rings. The number of para-hydroxylation sites is 1. The Bertz CT molecular complexity index is 713. The molecule has 0 fully saturated rings. The van der Waals surface area contributed by atoms with E-state index >= 15 is 0 Å². The molecule has 19 heavy (non-hydrogen) atoms.